The zero-order valence-corrected chi connectivity index (χ0v) is 13.1. The summed E-state index contributed by atoms with van der Waals surface area (Å²) in [6.07, 6.45) is 3.38. The van der Waals surface area contributed by atoms with E-state index in [2.05, 4.69) is 4.90 Å². The zero-order chi connectivity index (χ0) is 13.9. The normalized spacial score (nSPS) is 34.3. The SMILES string of the molecule is CS(=O)(=O)C1CSCCN1CC1(CN)CCCOC1. The first-order valence-corrected chi connectivity index (χ1v) is 9.86. The summed E-state index contributed by atoms with van der Waals surface area (Å²) in [6.45, 7) is 3.58. The fraction of sp³-hybridized carbons (Fsp3) is 1.00. The highest BCUT2D eigenvalue weighted by Crippen LogP contribution is 2.31. The largest absolute Gasteiger partial charge is 0.381 e. The van der Waals surface area contributed by atoms with Crippen LogP contribution in [0.5, 0.6) is 0 Å². The van der Waals surface area contributed by atoms with E-state index in [0.717, 1.165) is 38.3 Å². The van der Waals surface area contributed by atoms with Gasteiger partial charge in [0.15, 0.2) is 9.84 Å². The molecule has 5 nitrogen and oxygen atoms in total. The molecule has 112 valence electrons. The number of sulfone groups is 1. The van der Waals surface area contributed by atoms with Gasteiger partial charge >= 0.3 is 0 Å². The van der Waals surface area contributed by atoms with E-state index < -0.39 is 9.84 Å². The zero-order valence-electron chi connectivity index (χ0n) is 11.5. The van der Waals surface area contributed by atoms with Crippen LogP contribution in [0.2, 0.25) is 0 Å². The lowest BCUT2D eigenvalue weighted by molar-refractivity contribution is -0.0225. The third kappa shape index (κ3) is 3.85. The van der Waals surface area contributed by atoms with Crippen molar-refractivity contribution in [2.45, 2.75) is 18.2 Å². The molecule has 0 radical (unpaired) electrons. The molecule has 0 spiro atoms. The molecular weight excluding hydrogens is 284 g/mol. The van der Waals surface area contributed by atoms with E-state index in [-0.39, 0.29) is 10.8 Å². The van der Waals surface area contributed by atoms with Gasteiger partial charge in [0.1, 0.15) is 5.37 Å². The first-order chi connectivity index (χ1) is 8.97. The van der Waals surface area contributed by atoms with Crippen molar-refractivity contribution < 1.29 is 13.2 Å². The Labute approximate surface area is 120 Å². The quantitative estimate of drug-likeness (QED) is 0.798. The number of thioether (sulfide) groups is 1. The molecule has 19 heavy (non-hydrogen) atoms. The van der Waals surface area contributed by atoms with Crippen LogP contribution in [0, 0.1) is 5.41 Å². The van der Waals surface area contributed by atoms with Crippen LogP contribution in [-0.4, -0.2) is 69.3 Å². The third-order valence-electron chi connectivity index (χ3n) is 4.06. The average Bonchev–Trinajstić information content (AvgIpc) is 2.39. The first kappa shape index (κ1) is 15.6. The predicted octanol–water partition coefficient (Wildman–Crippen LogP) is 0.161. The molecule has 0 aromatic rings. The minimum Gasteiger partial charge on any atom is -0.381 e. The number of ether oxygens (including phenoxy) is 1. The van der Waals surface area contributed by atoms with Gasteiger partial charge in [-0.15, -0.1) is 0 Å². The van der Waals surface area contributed by atoms with Crippen LogP contribution < -0.4 is 5.73 Å². The fourth-order valence-corrected chi connectivity index (χ4v) is 5.82. The van der Waals surface area contributed by atoms with E-state index in [1.807, 2.05) is 0 Å². The monoisotopic (exact) mass is 308 g/mol. The maximum atomic E-state index is 11.9. The Morgan fingerprint density at radius 2 is 2.32 bits per heavy atom. The first-order valence-electron chi connectivity index (χ1n) is 6.75. The lowest BCUT2D eigenvalue weighted by Gasteiger charge is -2.43. The van der Waals surface area contributed by atoms with Gasteiger partial charge < -0.3 is 10.5 Å². The van der Waals surface area contributed by atoms with Crippen molar-refractivity contribution in [3.8, 4) is 0 Å². The van der Waals surface area contributed by atoms with E-state index in [9.17, 15) is 8.42 Å². The Bertz CT molecular complexity index is 394. The third-order valence-corrected chi connectivity index (χ3v) is 6.75. The molecule has 2 heterocycles. The summed E-state index contributed by atoms with van der Waals surface area (Å²) in [4.78, 5) is 2.10. The topological polar surface area (TPSA) is 72.6 Å². The van der Waals surface area contributed by atoms with Crippen molar-refractivity contribution in [2.75, 3.05) is 50.6 Å². The molecule has 0 bridgehead atoms. The lowest BCUT2D eigenvalue weighted by atomic mass is 9.82. The van der Waals surface area contributed by atoms with Gasteiger partial charge in [-0.1, -0.05) is 0 Å². The molecule has 0 saturated carbocycles. The van der Waals surface area contributed by atoms with E-state index >= 15 is 0 Å². The van der Waals surface area contributed by atoms with Crippen molar-refractivity contribution in [1.29, 1.82) is 0 Å². The summed E-state index contributed by atoms with van der Waals surface area (Å²) in [5.74, 6) is 1.66. The fourth-order valence-electron chi connectivity index (χ4n) is 2.88. The molecular formula is C12H24N2O3S2. The molecule has 0 aliphatic carbocycles. The summed E-state index contributed by atoms with van der Waals surface area (Å²) < 4.78 is 29.4. The van der Waals surface area contributed by atoms with Gasteiger partial charge in [-0.05, 0) is 12.8 Å². The van der Waals surface area contributed by atoms with Crippen molar-refractivity contribution in [1.82, 2.24) is 4.90 Å². The second kappa shape index (κ2) is 6.30. The molecule has 7 heteroatoms. The Hall–Kier alpha value is 0.180. The minimum atomic E-state index is -3.04. The van der Waals surface area contributed by atoms with Crippen LogP contribution in [0.1, 0.15) is 12.8 Å². The summed E-state index contributed by atoms with van der Waals surface area (Å²) >= 11 is 1.72. The van der Waals surface area contributed by atoms with Crippen molar-refractivity contribution in [3.63, 3.8) is 0 Å². The molecule has 2 unspecified atom stereocenters. The molecule has 2 rings (SSSR count). The van der Waals surface area contributed by atoms with Crippen LogP contribution in [0.4, 0.5) is 0 Å². The molecule has 2 fully saturated rings. The smallest absolute Gasteiger partial charge is 0.164 e. The standard InChI is InChI=1S/C12H24N2O3S2/c1-19(15,16)11-7-18-6-4-14(11)9-12(8-13)3-2-5-17-10-12/h11H,2-10,13H2,1H3. The minimum absolute atomic E-state index is 0.0663. The second-order valence-electron chi connectivity index (χ2n) is 5.69. The number of hydrogen-bond acceptors (Lipinski definition) is 6. The van der Waals surface area contributed by atoms with Gasteiger partial charge in [0, 0.05) is 49.4 Å². The van der Waals surface area contributed by atoms with Crippen molar-refractivity contribution in [2.24, 2.45) is 11.1 Å². The van der Waals surface area contributed by atoms with Gasteiger partial charge in [0.2, 0.25) is 0 Å². The lowest BCUT2D eigenvalue weighted by Crippen LogP contribution is -2.54. The Morgan fingerprint density at radius 1 is 1.53 bits per heavy atom. The highest BCUT2D eigenvalue weighted by Gasteiger charge is 2.39. The molecule has 2 N–H and O–H groups in total. The van der Waals surface area contributed by atoms with Crippen LogP contribution in [0.15, 0.2) is 0 Å². The molecule has 2 aliphatic heterocycles. The summed E-state index contributed by atoms with van der Waals surface area (Å²) in [7, 11) is -3.04. The predicted molar refractivity (Wildman–Crippen MR) is 79.1 cm³/mol. The molecule has 2 aliphatic rings. The van der Waals surface area contributed by atoms with Crippen LogP contribution in [-0.2, 0) is 14.6 Å². The number of nitrogens with two attached hydrogens (primary N) is 1. The van der Waals surface area contributed by atoms with E-state index in [0.29, 0.717) is 18.9 Å². The number of rotatable bonds is 4. The van der Waals surface area contributed by atoms with E-state index in [1.54, 1.807) is 11.8 Å². The van der Waals surface area contributed by atoms with Gasteiger partial charge in [0.05, 0.1) is 6.61 Å². The Kier molecular flexibility index (Phi) is 5.16. The van der Waals surface area contributed by atoms with Gasteiger partial charge in [-0.3, -0.25) is 4.90 Å². The summed E-state index contributed by atoms with van der Waals surface area (Å²) in [5, 5.41) is -0.364. The molecule has 0 aromatic heterocycles. The highest BCUT2D eigenvalue weighted by atomic mass is 32.2. The van der Waals surface area contributed by atoms with Crippen LogP contribution >= 0.6 is 11.8 Å². The molecule has 0 amide bonds. The van der Waals surface area contributed by atoms with E-state index in [1.165, 1.54) is 6.26 Å². The summed E-state index contributed by atoms with van der Waals surface area (Å²) in [6, 6.07) is 0. The van der Waals surface area contributed by atoms with Gasteiger partial charge in [-0.2, -0.15) is 11.8 Å². The van der Waals surface area contributed by atoms with Crippen molar-refractivity contribution in [3.05, 3.63) is 0 Å². The highest BCUT2D eigenvalue weighted by molar-refractivity contribution is 8.00. The van der Waals surface area contributed by atoms with Crippen molar-refractivity contribution >= 4 is 21.6 Å². The second-order valence-corrected chi connectivity index (χ2v) is 9.04. The molecule has 2 atom stereocenters. The summed E-state index contributed by atoms with van der Waals surface area (Å²) in [5.41, 5.74) is 5.88. The number of nitrogens with zero attached hydrogens (tertiary/aromatic N) is 1. The van der Waals surface area contributed by atoms with E-state index in [4.69, 9.17) is 10.5 Å². The number of hydrogen-bond donors (Lipinski definition) is 1. The van der Waals surface area contributed by atoms with Crippen LogP contribution in [0.25, 0.3) is 0 Å². The van der Waals surface area contributed by atoms with Gasteiger partial charge in [0.25, 0.3) is 0 Å². The van der Waals surface area contributed by atoms with Gasteiger partial charge in [-0.25, -0.2) is 8.42 Å². The average molecular weight is 308 g/mol. The molecule has 2 saturated heterocycles. The Morgan fingerprint density at radius 3 is 2.89 bits per heavy atom. The maximum absolute atomic E-state index is 11.9. The maximum Gasteiger partial charge on any atom is 0.164 e. The van der Waals surface area contributed by atoms with Crippen LogP contribution in [0.3, 0.4) is 0 Å². The Balaban J connectivity index is 2.10. The molecule has 0 aromatic carbocycles.